The lowest BCUT2D eigenvalue weighted by Crippen LogP contribution is -2.46. The molecule has 3 rings (SSSR count). The number of benzene rings is 2. The highest BCUT2D eigenvalue weighted by Gasteiger charge is 2.19. The number of nitrogens with zero attached hydrogens (tertiary/aromatic N) is 2. The van der Waals surface area contributed by atoms with Gasteiger partial charge in [-0.05, 0) is 48.5 Å². The fourth-order valence-corrected chi connectivity index (χ4v) is 3.08. The van der Waals surface area contributed by atoms with Crippen LogP contribution < -0.4 is 4.90 Å². The summed E-state index contributed by atoms with van der Waals surface area (Å²) in [5.74, 6) is -0.441. The number of likely N-dealkylation sites (N-methyl/N-ethyl adjacent to an activating group) is 1. The minimum atomic E-state index is -0.362. The third-order valence-electron chi connectivity index (χ3n) is 4.71. The van der Waals surface area contributed by atoms with E-state index < -0.39 is 0 Å². The van der Waals surface area contributed by atoms with Gasteiger partial charge >= 0.3 is 0 Å². The van der Waals surface area contributed by atoms with Crippen LogP contribution in [0.15, 0.2) is 48.5 Å². The molecule has 0 unspecified atom stereocenters. The molecule has 1 N–H and O–H groups in total. The zero-order valence-corrected chi connectivity index (χ0v) is 14.9. The van der Waals surface area contributed by atoms with E-state index in [1.807, 2.05) is 4.90 Å². The van der Waals surface area contributed by atoms with Gasteiger partial charge in [-0.15, -0.1) is 0 Å². The van der Waals surface area contributed by atoms with E-state index in [2.05, 4.69) is 11.8 Å². The van der Waals surface area contributed by atoms with Crippen molar-refractivity contribution < 1.29 is 14.3 Å². The van der Waals surface area contributed by atoms with Gasteiger partial charge in [-0.25, -0.2) is 4.39 Å². The Hall–Kier alpha value is -2.66. The Labute approximate surface area is 153 Å². The number of allylic oxidation sites excluding steroid dienone is 1. The third kappa shape index (κ3) is 4.29. The number of phenolic OH excluding ortho intramolecular Hbond substituents is 1. The first-order valence-electron chi connectivity index (χ1n) is 8.85. The molecule has 2 aromatic rings. The van der Waals surface area contributed by atoms with Crippen molar-refractivity contribution in [3.8, 4) is 5.75 Å². The van der Waals surface area contributed by atoms with Crippen LogP contribution in [0.3, 0.4) is 0 Å². The number of hydrogen-bond donors (Lipinski definition) is 1. The van der Waals surface area contributed by atoms with E-state index in [9.17, 15) is 14.3 Å². The van der Waals surface area contributed by atoms with Crippen molar-refractivity contribution in [2.45, 2.75) is 6.92 Å². The Bertz CT molecular complexity index is 794. The van der Waals surface area contributed by atoms with Gasteiger partial charge in [0.2, 0.25) is 0 Å². The maximum atomic E-state index is 14.5. The topological polar surface area (TPSA) is 43.8 Å². The summed E-state index contributed by atoms with van der Waals surface area (Å²) in [4.78, 5) is 16.6. The first kappa shape index (κ1) is 18.1. The Morgan fingerprint density at radius 1 is 1.12 bits per heavy atom. The summed E-state index contributed by atoms with van der Waals surface area (Å²) in [6, 6.07) is 11.2. The molecule has 0 saturated carbocycles. The van der Waals surface area contributed by atoms with Crippen molar-refractivity contribution in [2.24, 2.45) is 0 Å². The van der Waals surface area contributed by atoms with E-state index in [1.165, 1.54) is 12.1 Å². The first-order valence-corrected chi connectivity index (χ1v) is 8.85. The number of piperazine rings is 1. The van der Waals surface area contributed by atoms with Crippen molar-refractivity contribution >= 4 is 17.5 Å². The quantitative estimate of drug-likeness (QED) is 0.659. The van der Waals surface area contributed by atoms with Gasteiger partial charge in [0.25, 0.3) is 0 Å². The van der Waals surface area contributed by atoms with Crippen molar-refractivity contribution in [2.75, 3.05) is 37.6 Å². The van der Waals surface area contributed by atoms with Gasteiger partial charge in [0.05, 0.1) is 5.69 Å². The lowest BCUT2D eigenvalue weighted by atomic mass is 10.1. The number of anilines is 1. The maximum Gasteiger partial charge on any atom is 0.185 e. The Kier molecular flexibility index (Phi) is 5.68. The average Bonchev–Trinajstić information content (AvgIpc) is 2.67. The summed E-state index contributed by atoms with van der Waals surface area (Å²) in [6.45, 7) is 6.56. The second-order valence-electron chi connectivity index (χ2n) is 6.38. The maximum absolute atomic E-state index is 14.5. The highest BCUT2D eigenvalue weighted by atomic mass is 19.1. The predicted octanol–water partition coefficient (Wildman–Crippen LogP) is 3.57. The van der Waals surface area contributed by atoms with Crippen LogP contribution in [0.4, 0.5) is 10.1 Å². The van der Waals surface area contributed by atoms with Crippen LogP contribution in [0.1, 0.15) is 22.8 Å². The van der Waals surface area contributed by atoms with E-state index in [0.29, 0.717) is 11.3 Å². The monoisotopic (exact) mass is 354 g/mol. The van der Waals surface area contributed by atoms with Gasteiger partial charge in [-0.2, -0.15) is 0 Å². The highest BCUT2D eigenvalue weighted by Crippen LogP contribution is 2.22. The zero-order chi connectivity index (χ0) is 18.5. The highest BCUT2D eigenvalue weighted by molar-refractivity contribution is 6.07. The molecule has 0 amide bonds. The van der Waals surface area contributed by atoms with Gasteiger partial charge < -0.3 is 14.9 Å². The van der Waals surface area contributed by atoms with Crippen molar-refractivity contribution in [1.82, 2.24) is 4.90 Å². The van der Waals surface area contributed by atoms with E-state index in [4.69, 9.17) is 0 Å². The summed E-state index contributed by atoms with van der Waals surface area (Å²) in [7, 11) is 0. The number of aromatic hydroxyl groups is 1. The lowest BCUT2D eigenvalue weighted by Gasteiger charge is -2.35. The van der Waals surface area contributed by atoms with Crippen LogP contribution in [-0.2, 0) is 0 Å². The molecule has 0 radical (unpaired) electrons. The van der Waals surface area contributed by atoms with Crippen LogP contribution in [0.2, 0.25) is 0 Å². The molecule has 26 heavy (non-hydrogen) atoms. The van der Waals surface area contributed by atoms with Crippen LogP contribution >= 0.6 is 0 Å². The van der Waals surface area contributed by atoms with Crippen LogP contribution in [0.5, 0.6) is 5.75 Å². The average molecular weight is 354 g/mol. The summed E-state index contributed by atoms with van der Waals surface area (Å²) in [6.07, 6.45) is 3.07. The third-order valence-corrected chi connectivity index (χ3v) is 4.71. The molecule has 1 heterocycles. The molecule has 5 heteroatoms. The van der Waals surface area contributed by atoms with Gasteiger partial charge in [-0.3, -0.25) is 4.79 Å². The minimum absolute atomic E-state index is 0.172. The van der Waals surface area contributed by atoms with Crippen LogP contribution in [0.25, 0.3) is 6.08 Å². The van der Waals surface area contributed by atoms with E-state index in [1.54, 1.807) is 42.5 Å². The molecular weight excluding hydrogens is 331 g/mol. The largest absolute Gasteiger partial charge is 0.508 e. The summed E-state index contributed by atoms with van der Waals surface area (Å²) in [5.41, 5.74) is 1.68. The molecule has 4 nitrogen and oxygen atoms in total. The minimum Gasteiger partial charge on any atom is -0.508 e. The van der Waals surface area contributed by atoms with Crippen molar-refractivity contribution in [1.29, 1.82) is 0 Å². The van der Waals surface area contributed by atoms with Crippen LogP contribution in [0, 0.1) is 5.82 Å². The molecule has 1 aliphatic rings. The Morgan fingerprint density at radius 2 is 1.81 bits per heavy atom. The molecule has 0 aliphatic carbocycles. The van der Waals surface area contributed by atoms with Gasteiger partial charge in [0.1, 0.15) is 11.6 Å². The molecule has 1 saturated heterocycles. The second-order valence-corrected chi connectivity index (χ2v) is 6.38. The zero-order valence-electron chi connectivity index (χ0n) is 14.9. The molecule has 0 aromatic heterocycles. The van der Waals surface area contributed by atoms with E-state index >= 15 is 0 Å². The fraction of sp³-hybridized carbons (Fsp3) is 0.286. The Morgan fingerprint density at radius 3 is 2.42 bits per heavy atom. The Balaban J connectivity index is 1.68. The van der Waals surface area contributed by atoms with E-state index in [0.717, 1.165) is 38.3 Å². The molecular formula is C21H23FN2O2. The fourth-order valence-electron chi connectivity index (χ4n) is 3.08. The number of carbonyl (C=O) groups is 1. The van der Waals surface area contributed by atoms with E-state index in [-0.39, 0.29) is 17.3 Å². The molecule has 0 bridgehead atoms. The molecule has 0 spiro atoms. The number of hydrogen-bond acceptors (Lipinski definition) is 4. The van der Waals surface area contributed by atoms with Crippen LogP contribution in [-0.4, -0.2) is 48.5 Å². The number of rotatable bonds is 5. The van der Waals surface area contributed by atoms with Crippen molar-refractivity contribution in [3.63, 3.8) is 0 Å². The summed E-state index contributed by atoms with van der Waals surface area (Å²) >= 11 is 0. The molecule has 1 fully saturated rings. The number of phenols is 1. The molecule has 2 aromatic carbocycles. The first-order chi connectivity index (χ1) is 12.6. The molecule has 0 atom stereocenters. The summed E-state index contributed by atoms with van der Waals surface area (Å²) < 4.78 is 14.5. The van der Waals surface area contributed by atoms with Gasteiger partial charge in [0, 0.05) is 31.7 Å². The summed E-state index contributed by atoms with van der Waals surface area (Å²) in [5, 5.41) is 9.27. The predicted molar refractivity (Wildman–Crippen MR) is 102 cm³/mol. The smallest absolute Gasteiger partial charge is 0.185 e. The molecule has 1 aliphatic heterocycles. The standard InChI is InChI=1S/C21H23FN2O2/c1-2-23-11-13-24(14-12-23)20-9-6-17(15-19(20)22)21(26)10-5-16-3-7-18(25)8-4-16/h3-10,15,25H,2,11-14H2,1H3/b10-5+. The SMILES string of the molecule is CCN1CCN(c2ccc(C(=O)/C=C/c3ccc(O)cc3)cc2F)CC1. The number of carbonyl (C=O) groups excluding carboxylic acids is 1. The number of halogens is 1. The number of ketones is 1. The second kappa shape index (κ2) is 8.15. The normalized spacial score (nSPS) is 15.5. The van der Waals surface area contributed by atoms with Gasteiger partial charge in [0.15, 0.2) is 5.78 Å². The van der Waals surface area contributed by atoms with Crippen molar-refractivity contribution in [3.05, 3.63) is 65.5 Å². The van der Waals surface area contributed by atoms with Gasteiger partial charge in [-0.1, -0.05) is 25.1 Å². The molecule has 136 valence electrons. The lowest BCUT2D eigenvalue weighted by molar-refractivity contribution is 0.104.